The summed E-state index contributed by atoms with van der Waals surface area (Å²) in [5.74, 6) is -22.8. The second-order valence-electron chi connectivity index (χ2n) is 38.0. The van der Waals surface area contributed by atoms with Crippen molar-refractivity contribution < 1.29 is 116 Å². The van der Waals surface area contributed by atoms with Crippen molar-refractivity contribution in [1.82, 2.24) is 95.3 Å². The zero-order valence-corrected chi connectivity index (χ0v) is 83.4. The average molecular weight is 1940 g/mol. The average Bonchev–Trinajstić information content (AvgIpc) is 1.64. The van der Waals surface area contributed by atoms with E-state index in [1.807, 2.05) is 6.92 Å². The number of nitrogens with zero attached hydrogens (tertiary/aromatic N) is 1. The van der Waals surface area contributed by atoms with Crippen LogP contribution in [-0.4, -0.2) is 281 Å². The van der Waals surface area contributed by atoms with E-state index in [1.165, 1.54) is 31.7 Å². The van der Waals surface area contributed by atoms with Gasteiger partial charge in [0.2, 0.25) is 100 Å². The highest BCUT2D eigenvalue weighted by Gasteiger charge is 2.44. The third kappa shape index (κ3) is 42.7. The molecule has 0 aromatic rings. The number of primary amides is 1. The lowest BCUT2D eigenvalue weighted by Crippen LogP contribution is -2.62. The number of unbranched alkanes of at least 4 members (excludes halogenated alkanes) is 3. The molecule has 45 heteroatoms. The minimum Gasteiger partial charge on any atom is -0.458 e. The summed E-state index contributed by atoms with van der Waals surface area (Å²) >= 11 is 0. The molecule has 0 spiro atoms. The van der Waals surface area contributed by atoms with Gasteiger partial charge in [0.1, 0.15) is 108 Å². The van der Waals surface area contributed by atoms with E-state index in [4.69, 9.17) is 21.9 Å². The zero-order chi connectivity index (χ0) is 104. The Balaban J connectivity index is 2.43. The second-order valence-corrected chi connectivity index (χ2v) is 38.0. The molecular weight excluding hydrogens is 1780 g/mol. The first-order valence-corrected chi connectivity index (χ1v) is 47.8. The molecule has 0 bridgehead atoms. The maximum atomic E-state index is 14.6. The van der Waals surface area contributed by atoms with Crippen LogP contribution in [0.5, 0.6) is 0 Å². The number of hydrogen-bond donors (Lipinski definition) is 23. The summed E-state index contributed by atoms with van der Waals surface area (Å²) in [4.78, 5) is 282. The van der Waals surface area contributed by atoms with Gasteiger partial charge in [0.15, 0.2) is 0 Å². The number of cyclic esters (lactones) is 1. The monoisotopic (exact) mass is 1940 g/mol. The predicted molar refractivity (Wildman–Crippen MR) is 505 cm³/mol. The molecule has 17 atom stereocenters. The van der Waals surface area contributed by atoms with Crippen molar-refractivity contribution >= 4 is 118 Å². The van der Waals surface area contributed by atoms with Gasteiger partial charge in [-0.3, -0.25) is 91.1 Å². The predicted octanol–water partition coefficient (Wildman–Crippen LogP) is -3.27. The third-order valence-electron chi connectivity index (χ3n) is 22.7. The van der Waals surface area contributed by atoms with Crippen LogP contribution in [0, 0.1) is 47.3 Å². The minimum absolute atomic E-state index is 0.000602. The Kier molecular flexibility index (Phi) is 54.9. The smallest absolute Gasteiger partial charge is 0.328 e. The highest BCUT2D eigenvalue weighted by Crippen LogP contribution is 2.23. The largest absolute Gasteiger partial charge is 0.458 e. The molecule has 2 fully saturated rings. The van der Waals surface area contributed by atoms with Crippen molar-refractivity contribution in [1.29, 1.82) is 0 Å². The molecule has 0 saturated carbocycles. The molecule has 137 heavy (non-hydrogen) atoms. The van der Waals surface area contributed by atoms with Crippen LogP contribution in [0.15, 0.2) is 23.5 Å². The van der Waals surface area contributed by atoms with E-state index in [9.17, 15) is 111 Å². The van der Waals surface area contributed by atoms with Crippen LogP contribution in [0.2, 0.25) is 0 Å². The number of aliphatic hydroxyl groups is 3. The molecule has 2 aliphatic heterocycles. The molecule has 0 aromatic carbocycles. The van der Waals surface area contributed by atoms with Crippen LogP contribution >= 0.6 is 0 Å². The first-order valence-electron chi connectivity index (χ1n) is 47.8. The van der Waals surface area contributed by atoms with Gasteiger partial charge in [-0.25, -0.2) is 4.79 Å². The van der Waals surface area contributed by atoms with Crippen molar-refractivity contribution in [2.45, 2.75) is 350 Å². The number of carbonyl (C=O) groups excluding carboxylic acids is 20. The Morgan fingerprint density at radius 2 is 0.927 bits per heavy atom. The van der Waals surface area contributed by atoms with E-state index < -0.39 is 283 Å². The van der Waals surface area contributed by atoms with Crippen LogP contribution in [0.25, 0.3) is 0 Å². The standard InChI is InChI=1S/C92H159N21O24/c1-21-24-25-29-55(116)42-69(118)97-57(23-3)91(135)113-37-28-31-67(113)85(129)106-65(44-114)83(127)103-63(40-48(8)9)81(125)109-72(51(14)15)88(132)107-66(45-115)84(128)104-64(41-49(10)11)82(126)110-74(53(18)19)89(133)111-73(52(16)17)87(131)100-58(32-33-68(95)117)78(122)102-62(39-47(6)7)80(124)108-71(50(12)13)86(130)99-56(22-2)77(121)112-75-54(20)137-92(136)60(30-26-27-35-93)101-79(123)59(34-36-94)98-70(119)43-96-76(120)61(38-46(4)5)105-90(75)134/h22-23,46-55,58-67,71-75,114-116H,21,24-45,93-94H2,1-20H3,(H2,95,117)(H,96,120)(H,97,118)(H,98,119)(H,99,130)(H,100,131)(H,101,123)(H,102,122)(H,103,127)(H,104,128)(H,105,134)(H,106,129)(H,107,132)(H,108,124)(H,109,125)(H,110,126)(H,111,133)(H,112,121)/b56-22-,57-23-/t54-,55-,58-,59-,60-,61+,62-,63-,64-,65-,66-,67+,71-,72-,73-,74-,75+/m0/s1. The highest BCUT2D eigenvalue weighted by molar-refractivity contribution is 6.05. The Labute approximate surface area is 803 Å². The summed E-state index contributed by atoms with van der Waals surface area (Å²) in [6.45, 7) is 30.0. The normalized spacial score (nSPS) is 19.5. The van der Waals surface area contributed by atoms with Gasteiger partial charge < -0.3 is 133 Å². The number of carbonyl (C=O) groups is 20. The fourth-order valence-corrected chi connectivity index (χ4v) is 15.0. The number of esters is 1. The van der Waals surface area contributed by atoms with Crippen molar-refractivity contribution in [2.24, 2.45) is 64.5 Å². The van der Waals surface area contributed by atoms with E-state index in [-0.39, 0.29) is 100 Å². The van der Waals surface area contributed by atoms with Gasteiger partial charge in [0.05, 0.1) is 32.3 Å². The van der Waals surface area contributed by atoms with Crippen molar-refractivity contribution in [2.75, 3.05) is 39.4 Å². The third-order valence-corrected chi connectivity index (χ3v) is 22.7. The van der Waals surface area contributed by atoms with Crippen LogP contribution in [0.4, 0.5) is 0 Å². The van der Waals surface area contributed by atoms with Gasteiger partial charge in [-0.15, -0.1) is 0 Å². The summed E-state index contributed by atoms with van der Waals surface area (Å²) in [5.41, 5.74) is 16.5. The fraction of sp³-hybridized carbons (Fsp3) is 0.739. The molecule has 776 valence electrons. The quantitative estimate of drug-likeness (QED) is 0.0161. The summed E-state index contributed by atoms with van der Waals surface area (Å²) < 4.78 is 5.80. The number of nitrogens with two attached hydrogens (primary N) is 3. The number of amides is 19. The molecule has 2 rings (SSSR count). The molecule has 0 aliphatic carbocycles. The molecule has 0 radical (unpaired) electrons. The molecule has 0 aromatic heterocycles. The number of nitrogens with one attached hydrogen (secondary N) is 17. The first kappa shape index (κ1) is 122. The molecule has 45 nitrogen and oxygen atoms in total. The molecule has 2 heterocycles. The fourth-order valence-electron chi connectivity index (χ4n) is 15.0. The van der Waals surface area contributed by atoms with Crippen molar-refractivity contribution in [3.63, 3.8) is 0 Å². The van der Waals surface area contributed by atoms with Crippen molar-refractivity contribution in [3.8, 4) is 0 Å². The van der Waals surface area contributed by atoms with E-state index in [0.29, 0.717) is 32.1 Å². The number of allylic oxidation sites excluding steroid dienone is 2. The zero-order valence-electron chi connectivity index (χ0n) is 83.4. The van der Waals surface area contributed by atoms with E-state index in [2.05, 4.69) is 90.4 Å². The lowest BCUT2D eigenvalue weighted by atomic mass is 9.97. The Hall–Kier alpha value is -11.3. The first-order chi connectivity index (χ1) is 64.2. The second kappa shape index (κ2) is 61.8. The van der Waals surface area contributed by atoms with E-state index >= 15 is 0 Å². The van der Waals surface area contributed by atoms with E-state index in [1.54, 1.807) is 111 Å². The maximum absolute atomic E-state index is 14.6. The van der Waals surface area contributed by atoms with Gasteiger partial charge in [0.25, 0.3) is 11.8 Å². The molecular formula is C92H159N21O24. The Bertz CT molecular complexity index is 4140. The summed E-state index contributed by atoms with van der Waals surface area (Å²) in [5, 5.41) is 74.8. The number of likely N-dealkylation sites (tertiary alicyclic amines) is 1. The van der Waals surface area contributed by atoms with Gasteiger partial charge in [0, 0.05) is 13.0 Å². The molecule has 0 unspecified atom stereocenters. The van der Waals surface area contributed by atoms with Crippen molar-refractivity contribution in [3.05, 3.63) is 23.5 Å². The Morgan fingerprint density at radius 1 is 0.482 bits per heavy atom. The minimum atomic E-state index is -1.84. The Morgan fingerprint density at radius 3 is 1.37 bits per heavy atom. The summed E-state index contributed by atoms with van der Waals surface area (Å²) in [6.07, 6.45) is 2.61. The highest BCUT2D eigenvalue weighted by atomic mass is 16.5. The summed E-state index contributed by atoms with van der Waals surface area (Å²) in [7, 11) is 0. The molecule has 19 amide bonds. The topological polar surface area (TPSA) is 697 Å². The van der Waals surface area contributed by atoms with Crippen LogP contribution < -0.4 is 108 Å². The SMILES string of the molecule is C/C=C(\NC(=O)[C@@H](NC(=O)[C@H](CC(C)C)NC(=O)[C@H](CCC(N)=O)NC(=O)[C@@H](NC(=O)[C@@H](NC(=O)[C@H](CC(C)C)NC(=O)[C@H](CO)NC(=O)[C@@H](NC(=O)[C@H](CC(C)C)NC(=O)[C@H](CO)NC(=O)[C@H]1CCCN1C(=O)/C(=C/C)NC(=O)C[C@@H](O)CCCCC)C(C)C)C(C)C)C(C)C)C(C)C)C(=O)N[C@H]1C(=O)N[C@H](CC(C)C)C(=O)NCC(=O)N[C@@H](CCN)C(=O)N[C@@H](CCCCN)C(=O)O[C@H]1C. The number of aliphatic hydroxyl groups excluding tert-OH is 3. The van der Waals surface area contributed by atoms with Crippen LogP contribution in [-0.2, 0) is 101 Å². The van der Waals surface area contributed by atoms with Gasteiger partial charge in [-0.05, 0) is 158 Å². The number of hydrogen-bond acceptors (Lipinski definition) is 26. The van der Waals surface area contributed by atoms with Crippen LogP contribution in [0.1, 0.15) is 248 Å². The maximum Gasteiger partial charge on any atom is 0.328 e. The van der Waals surface area contributed by atoms with Gasteiger partial charge >= 0.3 is 5.97 Å². The van der Waals surface area contributed by atoms with E-state index in [0.717, 1.165) is 18.9 Å². The lowest BCUT2D eigenvalue weighted by Gasteiger charge is -2.31. The van der Waals surface area contributed by atoms with Crippen LogP contribution in [0.3, 0.4) is 0 Å². The lowest BCUT2D eigenvalue weighted by molar-refractivity contribution is -0.156. The summed E-state index contributed by atoms with van der Waals surface area (Å²) in [6, 6.07) is -22.3. The molecule has 2 aliphatic rings. The molecule has 26 N–H and O–H groups in total. The number of rotatable bonds is 55. The number of ether oxygens (including phenoxy) is 1. The van der Waals surface area contributed by atoms with Gasteiger partial charge in [-0.2, -0.15) is 0 Å². The van der Waals surface area contributed by atoms with Gasteiger partial charge in [-0.1, -0.05) is 149 Å². The molecule has 2 saturated heterocycles.